The van der Waals surface area contributed by atoms with Gasteiger partial charge in [-0.2, -0.15) is 0 Å². The first-order valence-electron chi connectivity index (χ1n) is 5.98. The first kappa shape index (κ1) is 11.5. The van der Waals surface area contributed by atoms with Crippen LogP contribution in [0.5, 0.6) is 5.75 Å². The Morgan fingerprint density at radius 1 is 1.05 bits per heavy atom. The van der Waals surface area contributed by atoms with E-state index < -0.39 is 0 Å². The number of pyridine rings is 2. The number of nitrogens with one attached hydrogen (secondary N) is 1. The van der Waals surface area contributed by atoms with Gasteiger partial charge in [-0.15, -0.1) is 0 Å². The molecule has 0 spiro atoms. The molecular weight excluding hydrogens is 240 g/mol. The second kappa shape index (κ2) is 4.94. The molecule has 2 heterocycles. The number of ether oxygens (including phenoxy) is 1. The monoisotopic (exact) mass is 252 g/mol. The summed E-state index contributed by atoms with van der Waals surface area (Å²) in [5.41, 5.74) is 0.741. The van der Waals surface area contributed by atoms with E-state index in [2.05, 4.69) is 9.97 Å². The van der Waals surface area contributed by atoms with Gasteiger partial charge in [0.25, 0.3) is 5.56 Å². The van der Waals surface area contributed by atoms with Crippen LogP contribution >= 0.6 is 0 Å². The van der Waals surface area contributed by atoms with Gasteiger partial charge in [-0.25, -0.2) is 0 Å². The number of fused-ring (bicyclic) bond motifs is 1. The van der Waals surface area contributed by atoms with Crippen LogP contribution < -0.4 is 10.3 Å². The van der Waals surface area contributed by atoms with Gasteiger partial charge in [0.1, 0.15) is 12.4 Å². The zero-order valence-corrected chi connectivity index (χ0v) is 10.2. The van der Waals surface area contributed by atoms with E-state index in [4.69, 9.17) is 4.74 Å². The standard InChI is InChI=1S/C15H12N2O2/c18-15-13-5-3-6-14(12(13)7-9-17-15)19-10-11-4-1-2-8-16-11/h1-9H,10H2,(H,17,18). The maximum absolute atomic E-state index is 11.7. The van der Waals surface area contributed by atoms with E-state index in [0.29, 0.717) is 17.7 Å². The Balaban J connectivity index is 1.93. The molecule has 0 saturated carbocycles. The average molecular weight is 252 g/mol. The summed E-state index contributed by atoms with van der Waals surface area (Å²) in [6.45, 7) is 0.382. The molecule has 0 aliphatic carbocycles. The summed E-state index contributed by atoms with van der Waals surface area (Å²) in [6, 6.07) is 13.0. The van der Waals surface area contributed by atoms with Crippen LogP contribution in [0, 0.1) is 0 Å². The van der Waals surface area contributed by atoms with Crippen LogP contribution in [-0.2, 0) is 6.61 Å². The zero-order chi connectivity index (χ0) is 13.1. The Morgan fingerprint density at radius 2 is 2.00 bits per heavy atom. The Kier molecular flexibility index (Phi) is 2.98. The Bertz CT molecular complexity index is 751. The molecule has 0 amide bonds. The third-order valence-corrected chi connectivity index (χ3v) is 2.88. The summed E-state index contributed by atoms with van der Waals surface area (Å²) in [5.74, 6) is 0.689. The van der Waals surface area contributed by atoms with Gasteiger partial charge >= 0.3 is 0 Å². The van der Waals surface area contributed by atoms with Crippen molar-refractivity contribution in [3.8, 4) is 5.75 Å². The number of hydrogen-bond acceptors (Lipinski definition) is 3. The average Bonchev–Trinajstić information content (AvgIpc) is 2.47. The topological polar surface area (TPSA) is 55.0 Å². The number of benzene rings is 1. The largest absolute Gasteiger partial charge is 0.487 e. The van der Waals surface area contributed by atoms with Crippen LogP contribution in [-0.4, -0.2) is 9.97 Å². The fourth-order valence-electron chi connectivity index (χ4n) is 1.95. The molecule has 0 bridgehead atoms. The molecule has 1 aromatic carbocycles. The number of hydrogen-bond donors (Lipinski definition) is 1. The molecule has 4 nitrogen and oxygen atoms in total. The Morgan fingerprint density at radius 3 is 2.84 bits per heavy atom. The highest BCUT2D eigenvalue weighted by Gasteiger charge is 2.04. The van der Waals surface area contributed by atoms with E-state index in [0.717, 1.165) is 11.1 Å². The molecule has 0 saturated heterocycles. The maximum Gasteiger partial charge on any atom is 0.255 e. The van der Waals surface area contributed by atoms with Crippen molar-refractivity contribution in [3.63, 3.8) is 0 Å². The number of rotatable bonds is 3. The fourth-order valence-corrected chi connectivity index (χ4v) is 1.95. The summed E-state index contributed by atoms with van der Waals surface area (Å²) < 4.78 is 5.75. The van der Waals surface area contributed by atoms with Crippen LogP contribution in [0.4, 0.5) is 0 Å². The second-order valence-corrected chi connectivity index (χ2v) is 4.13. The lowest BCUT2D eigenvalue weighted by Gasteiger charge is -2.08. The van der Waals surface area contributed by atoms with E-state index in [1.807, 2.05) is 36.4 Å². The minimum Gasteiger partial charge on any atom is -0.487 e. The fraction of sp³-hybridized carbons (Fsp3) is 0.0667. The van der Waals surface area contributed by atoms with E-state index in [1.54, 1.807) is 18.5 Å². The SMILES string of the molecule is O=c1[nH]ccc2c(OCc3ccccn3)cccc12. The number of nitrogens with zero attached hydrogens (tertiary/aromatic N) is 1. The third kappa shape index (κ3) is 2.33. The van der Waals surface area contributed by atoms with Crippen molar-refractivity contribution in [1.82, 2.24) is 9.97 Å². The molecule has 1 N–H and O–H groups in total. The van der Waals surface area contributed by atoms with Crippen molar-refractivity contribution >= 4 is 10.8 Å². The molecule has 2 aromatic heterocycles. The van der Waals surface area contributed by atoms with Crippen LogP contribution in [0.2, 0.25) is 0 Å². The quantitative estimate of drug-likeness (QED) is 0.779. The normalized spacial score (nSPS) is 10.5. The lowest BCUT2D eigenvalue weighted by molar-refractivity contribution is 0.305. The predicted molar refractivity (Wildman–Crippen MR) is 73.1 cm³/mol. The molecule has 3 rings (SSSR count). The van der Waals surface area contributed by atoms with Crippen molar-refractivity contribution in [2.24, 2.45) is 0 Å². The highest BCUT2D eigenvalue weighted by atomic mass is 16.5. The molecule has 4 heteroatoms. The summed E-state index contributed by atoms with van der Waals surface area (Å²) >= 11 is 0. The van der Waals surface area contributed by atoms with E-state index in [9.17, 15) is 4.79 Å². The lowest BCUT2D eigenvalue weighted by Crippen LogP contribution is -2.05. The summed E-state index contributed by atoms with van der Waals surface area (Å²) in [7, 11) is 0. The lowest BCUT2D eigenvalue weighted by atomic mass is 10.1. The minimum absolute atomic E-state index is 0.110. The molecule has 0 radical (unpaired) electrons. The van der Waals surface area contributed by atoms with Gasteiger partial charge < -0.3 is 9.72 Å². The number of aromatic nitrogens is 2. The van der Waals surface area contributed by atoms with Gasteiger partial charge in [0.15, 0.2) is 0 Å². The first-order valence-corrected chi connectivity index (χ1v) is 5.98. The van der Waals surface area contributed by atoms with E-state index in [1.165, 1.54) is 0 Å². The van der Waals surface area contributed by atoms with Crippen molar-refractivity contribution in [3.05, 3.63) is 70.9 Å². The first-order chi connectivity index (χ1) is 9.34. The van der Waals surface area contributed by atoms with E-state index in [-0.39, 0.29) is 5.56 Å². The Hall–Kier alpha value is -2.62. The molecular formula is C15H12N2O2. The highest BCUT2D eigenvalue weighted by Crippen LogP contribution is 2.23. The molecule has 19 heavy (non-hydrogen) atoms. The molecule has 0 aliphatic rings. The number of H-pyrrole nitrogens is 1. The molecule has 0 unspecified atom stereocenters. The predicted octanol–water partition coefficient (Wildman–Crippen LogP) is 2.50. The van der Waals surface area contributed by atoms with E-state index >= 15 is 0 Å². The van der Waals surface area contributed by atoms with Gasteiger partial charge in [0.2, 0.25) is 0 Å². The smallest absolute Gasteiger partial charge is 0.255 e. The van der Waals surface area contributed by atoms with Gasteiger partial charge in [-0.1, -0.05) is 12.1 Å². The molecule has 3 aromatic rings. The van der Waals surface area contributed by atoms with Crippen molar-refractivity contribution < 1.29 is 4.74 Å². The van der Waals surface area contributed by atoms with Crippen molar-refractivity contribution in [1.29, 1.82) is 0 Å². The van der Waals surface area contributed by atoms with Crippen LogP contribution in [0.1, 0.15) is 5.69 Å². The third-order valence-electron chi connectivity index (χ3n) is 2.88. The van der Waals surface area contributed by atoms with Crippen molar-refractivity contribution in [2.45, 2.75) is 6.61 Å². The molecule has 0 fully saturated rings. The highest BCUT2D eigenvalue weighted by molar-refractivity contribution is 5.87. The van der Waals surface area contributed by atoms with Gasteiger partial charge in [-0.3, -0.25) is 9.78 Å². The zero-order valence-electron chi connectivity index (χ0n) is 10.2. The van der Waals surface area contributed by atoms with Crippen LogP contribution in [0.3, 0.4) is 0 Å². The van der Waals surface area contributed by atoms with Crippen LogP contribution in [0.25, 0.3) is 10.8 Å². The summed E-state index contributed by atoms with van der Waals surface area (Å²) in [5, 5.41) is 1.43. The van der Waals surface area contributed by atoms with Crippen LogP contribution in [0.15, 0.2) is 59.7 Å². The molecule has 94 valence electrons. The molecule has 0 aliphatic heterocycles. The summed E-state index contributed by atoms with van der Waals surface area (Å²) in [6.07, 6.45) is 3.35. The van der Waals surface area contributed by atoms with Gasteiger partial charge in [0, 0.05) is 17.8 Å². The van der Waals surface area contributed by atoms with Gasteiger partial charge in [0.05, 0.1) is 11.1 Å². The molecule has 0 atom stereocenters. The Labute approximate surface area is 109 Å². The van der Waals surface area contributed by atoms with Crippen molar-refractivity contribution in [2.75, 3.05) is 0 Å². The summed E-state index contributed by atoms with van der Waals surface area (Å²) in [4.78, 5) is 18.5. The number of aromatic amines is 1. The second-order valence-electron chi connectivity index (χ2n) is 4.13. The maximum atomic E-state index is 11.7. The minimum atomic E-state index is -0.110. The van der Waals surface area contributed by atoms with Gasteiger partial charge in [-0.05, 0) is 30.3 Å².